The van der Waals surface area contributed by atoms with Gasteiger partial charge in [-0.05, 0) is 30.7 Å². The largest absolute Gasteiger partial charge is 0.399 e. The van der Waals surface area contributed by atoms with E-state index in [0.29, 0.717) is 0 Å². The van der Waals surface area contributed by atoms with Crippen LogP contribution in [0.25, 0.3) is 5.52 Å². The fourth-order valence-electron chi connectivity index (χ4n) is 2.34. The summed E-state index contributed by atoms with van der Waals surface area (Å²) in [6.45, 7) is 3.76. The Morgan fingerprint density at radius 1 is 1.25 bits per heavy atom. The lowest BCUT2D eigenvalue weighted by Crippen LogP contribution is -2.23. The molecule has 2 aromatic heterocycles. The number of fused-ring (bicyclic) bond motifs is 1. The first kappa shape index (κ1) is 12.5. The molecule has 0 radical (unpaired) electrons. The minimum Gasteiger partial charge on any atom is -0.399 e. The summed E-state index contributed by atoms with van der Waals surface area (Å²) >= 11 is 0. The number of benzene rings is 1. The van der Waals surface area contributed by atoms with Gasteiger partial charge >= 0.3 is 0 Å². The standard InChI is InChI=1S/C15H17N5/c1-2-19(11-12-4-3-5-13(16)10-12)15-14-6-7-18-20(14)9-8-17-15/h3-10H,2,11,16H2,1H3. The predicted octanol–water partition coefficient (Wildman–Crippen LogP) is 2.34. The fourth-order valence-corrected chi connectivity index (χ4v) is 2.34. The van der Waals surface area contributed by atoms with Gasteiger partial charge in [0.1, 0.15) is 5.52 Å². The van der Waals surface area contributed by atoms with Crippen LogP contribution in [0.3, 0.4) is 0 Å². The Morgan fingerprint density at radius 3 is 2.95 bits per heavy atom. The third-order valence-corrected chi connectivity index (χ3v) is 3.31. The van der Waals surface area contributed by atoms with Gasteiger partial charge in [-0.25, -0.2) is 9.50 Å². The molecule has 5 nitrogen and oxygen atoms in total. The van der Waals surface area contributed by atoms with Gasteiger partial charge < -0.3 is 10.6 Å². The Balaban J connectivity index is 1.95. The van der Waals surface area contributed by atoms with Crippen molar-refractivity contribution in [3.8, 4) is 0 Å². The topological polar surface area (TPSA) is 59.5 Å². The van der Waals surface area contributed by atoms with Gasteiger partial charge in [-0.15, -0.1) is 0 Å². The predicted molar refractivity (Wildman–Crippen MR) is 80.6 cm³/mol. The fraction of sp³-hybridized carbons (Fsp3) is 0.200. The van der Waals surface area contributed by atoms with Gasteiger partial charge in [0, 0.05) is 31.2 Å². The highest BCUT2D eigenvalue weighted by Crippen LogP contribution is 2.20. The summed E-state index contributed by atoms with van der Waals surface area (Å²) in [5.41, 5.74) is 8.81. The van der Waals surface area contributed by atoms with E-state index >= 15 is 0 Å². The number of anilines is 2. The summed E-state index contributed by atoms with van der Waals surface area (Å²) in [6, 6.07) is 9.93. The zero-order chi connectivity index (χ0) is 13.9. The first-order valence-corrected chi connectivity index (χ1v) is 6.65. The lowest BCUT2D eigenvalue weighted by molar-refractivity contribution is 0.808. The molecule has 0 aliphatic rings. The zero-order valence-corrected chi connectivity index (χ0v) is 11.4. The molecule has 0 saturated heterocycles. The number of aromatic nitrogens is 3. The molecule has 102 valence electrons. The van der Waals surface area contributed by atoms with Crippen molar-refractivity contribution in [2.75, 3.05) is 17.2 Å². The maximum Gasteiger partial charge on any atom is 0.154 e. The van der Waals surface area contributed by atoms with Gasteiger partial charge in [-0.1, -0.05) is 12.1 Å². The van der Waals surface area contributed by atoms with E-state index in [1.54, 1.807) is 12.4 Å². The lowest BCUT2D eigenvalue weighted by Gasteiger charge is -2.22. The summed E-state index contributed by atoms with van der Waals surface area (Å²) in [7, 11) is 0. The molecule has 1 aromatic carbocycles. The highest BCUT2D eigenvalue weighted by Gasteiger charge is 2.11. The summed E-state index contributed by atoms with van der Waals surface area (Å²) in [5.74, 6) is 0.940. The smallest absolute Gasteiger partial charge is 0.154 e. The maximum atomic E-state index is 5.84. The number of nitrogens with two attached hydrogens (primary N) is 1. The Labute approximate surface area is 117 Å². The molecule has 0 unspecified atom stereocenters. The summed E-state index contributed by atoms with van der Waals surface area (Å²) in [6.07, 6.45) is 5.42. The third kappa shape index (κ3) is 2.30. The van der Waals surface area contributed by atoms with Crippen LogP contribution in [0.1, 0.15) is 12.5 Å². The van der Waals surface area contributed by atoms with Crippen molar-refractivity contribution < 1.29 is 0 Å². The normalized spacial score (nSPS) is 10.8. The Bertz CT molecular complexity index is 719. The average molecular weight is 267 g/mol. The maximum absolute atomic E-state index is 5.84. The van der Waals surface area contributed by atoms with Crippen molar-refractivity contribution in [1.82, 2.24) is 14.6 Å². The molecule has 0 spiro atoms. The van der Waals surface area contributed by atoms with Crippen molar-refractivity contribution in [1.29, 1.82) is 0 Å². The SMILES string of the molecule is CCN(Cc1cccc(N)c1)c1nccn2nccc12. The molecule has 3 aromatic rings. The number of rotatable bonds is 4. The van der Waals surface area contributed by atoms with E-state index in [9.17, 15) is 0 Å². The monoisotopic (exact) mass is 267 g/mol. The van der Waals surface area contributed by atoms with Gasteiger partial charge in [-0.3, -0.25) is 0 Å². The first-order valence-electron chi connectivity index (χ1n) is 6.65. The highest BCUT2D eigenvalue weighted by atomic mass is 15.3. The van der Waals surface area contributed by atoms with Gasteiger partial charge in [-0.2, -0.15) is 5.10 Å². The second kappa shape index (κ2) is 5.21. The quantitative estimate of drug-likeness (QED) is 0.737. The molecular weight excluding hydrogens is 250 g/mol. The van der Waals surface area contributed by atoms with Crippen molar-refractivity contribution in [2.45, 2.75) is 13.5 Å². The number of nitrogens with zero attached hydrogens (tertiary/aromatic N) is 4. The molecule has 0 bridgehead atoms. The number of hydrogen-bond donors (Lipinski definition) is 1. The first-order chi connectivity index (χ1) is 9.78. The van der Waals surface area contributed by atoms with Crippen molar-refractivity contribution in [3.63, 3.8) is 0 Å². The molecule has 3 rings (SSSR count). The number of nitrogen functional groups attached to an aromatic ring is 1. The molecule has 2 heterocycles. The van der Waals surface area contributed by atoms with Crippen molar-refractivity contribution >= 4 is 17.0 Å². The van der Waals surface area contributed by atoms with E-state index < -0.39 is 0 Å². The average Bonchev–Trinajstić information content (AvgIpc) is 2.93. The van der Waals surface area contributed by atoms with Gasteiger partial charge in [0.2, 0.25) is 0 Å². The minimum absolute atomic E-state index is 0.777. The minimum atomic E-state index is 0.777. The lowest BCUT2D eigenvalue weighted by atomic mass is 10.2. The highest BCUT2D eigenvalue weighted by molar-refractivity contribution is 5.68. The summed E-state index contributed by atoms with van der Waals surface area (Å²) in [5, 5.41) is 4.25. The third-order valence-electron chi connectivity index (χ3n) is 3.31. The molecule has 0 aliphatic heterocycles. The molecule has 20 heavy (non-hydrogen) atoms. The zero-order valence-electron chi connectivity index (χ0n) is 11.4. The van der Waals surface area contributed by atoms with Crippen LogP contribution in [0.5, 0.6) is 0 Å². The van der Waals surface area contributed by atoms with Crippen LogP contribution in [-0.4, -0.2) is 21.1 Å². The van der Waals surface area contributed by atoms with E-state index in [1.807, 2.05) is 35.0 Å². The van der Waals surface area contributed by atoms with Crippen LogP contribution in [0, 0.1) is 0 Å². The Kier molecular flexibility index (Phi) is 3.25. The molecule has 0 atom stereocenters. The summed E-state index contributed by atoms with van der Waals surface area (Å²) < 4.78 is 1.84. The summed E-state index contributed by atoms with van der Waals surface area (Å²) in [4.78, 5) is 6.72. The Hall–Kier alpha value is -2.56. The van der Waals surface area contributed by atoms with Crippen LogP contribution in [-0.2, 0) is 6.54 Å². The van der Waals surface area contributed by atoms with Crippen LogP contribution in [0.2, 0.25) is 0 Å². The van der Waals surface area contributed by atoms with E-state index in [1.165, 1.54) is 5.56 Å². The molecule has 0 aliphatic carbocycles. The van der Waals surface area contributed by atoms with Crippen LogP contribution in [0.4, 0.5) is 11.5 Å². The van der Waals surface area contributed by atoms with E-state index in [0.717, 1.165) is 30.1 Å². The van der Waals surface area contributed by atoms with E-state index in [-0.39, 0.29) is 0 Å². The number of hydrogen-bond acceptors (Lipinski definition) is 4. The van der Waals surface area contributed by atoms with Crippen LogP contribution >= 0.6 is 0 Å². The van der Waals surface area contributed by atoms with Crippen molar-refractivity contribution in [2.24, 2.45) is 0 Å². The van der Waals surface area contributed by atoms with Gasteiger partial charge in [0.25, 0.3) is 0 Å². The van der Waals surface area contributed by atoms with Gasteiger partial charge in [0.05, 0.1) is 6.20 Å². The second-order valence-corrected chi connectivity index (χ2v) is 4.67. The molecule has 0 amide bonds. The Morgan fingerprint density at radius 2 is 2.15 bits per heavy atom. The molecule has 5 heteroatoms. The molecule has 0 fully saturated rings. The van der Waals surface area contributed by atoms with E-state index in [2.05, 4.69) is 28.0 Å². The van der Waals surface area contributed by atoms with Crippen molar-refractivity contribution in [3.05, 3.63) is 54.5 Å². The van der Waals surface area contributed by atoms with Gasteiger partial charge in [0.15, 0.2) is 5.82 Å². The second-order valence-electron chi connectivity index (χ2n) is 4.67. The molecule has 0 saturated carbocycles. The van der Waals surface area contributed by atoms with Crippen LogP contribution in [0.15, 0.2) is 48.9 Å². The molecular formula is C15H17N5. The molecule has 2 N–H and O–H groups in total. The van der Waals surface area contributed by atoms with Crippen LogP contribution < -0.4 is 10.6 Å². The van der Waals surface area contributed by atoms with E-state index in [4.69, 9.17) is 5.73 Å².